The number of halogens is 1. The lowest BCUT2D eigenvalue weighted by atomic mass is 10.0. The molecule has 0 atom stereocenters. The van der Waals surface area contributed by atoms with Gasteiger partial charge in [0.1, 0.15) is 11.5 Å². The van der Waals surface area contributed by atoms with Crippen LogP contribution in [0.15, 0.2) is 42.5 Å². The van der Waals surface area contributed by atoms with Crippen LogP contribution in [0.1, 0.15) is 12.5 Å². The van der Waals surface area contributed by atoms with E-state index in [4.69, 9.17) is 21.1 Å². The number of aromatic nitrogens is 1. The molecule has 24 heavy (non-hydrogen) atoms. The van der Waals surface area contributed by atoms with Crippen molar-refractivity contribution in [2.75, 3.05) is 20.1 Å². The fraction of sp³-hybridized carbons (Fsp3) is 0.300. The summed E-state index contributed by atoms with van der Waals surface area (Å²) in [5.41, 5.74) is 4.88. The Morgan fingerprint density at radius 2 is 1.62 bits per heavy atom. The van der Waals surface area contributed by atoms with Crippen molar-refractivity contribution in [3.63, 3.8) is 0 Å². The average molecular weight is 344 g/mol. The first-order valence-electron chi connectivity index (χ1n) is 8.13. The van der Waals surface area contributed by atoms with Crippen LogP contribution in [0.2, 0.25) is 0 Å². The summed E-state index contributed by atoms with van der Waals surface area (Å²) in [5, 5.41) is 1.21. The van der Waals surface area contributed by atoms with Crippen LogP contribution in [0.4, 0.5) is 0 Å². The van der Waals surface area contributed by atoms with E-state index in [9.17, 15) is 0 Å². The zero-order valence-electron chi connectivity index (χ0n) is 14.3. The second-order valence-corrected chi connectivity index (χ2v) is 6.00. The van der Waals surface area contributed by atoms with Gasteiger partial charge in [-0.05, 0) is 66.9 Å². The van der Waals surface area contributed by atoms with Gasteiger partial charge in [0.15, 0.2) is 0 Å². The predicted octanol–water partition coefficient (Wildman–Crippen LogP) is 5.13. The topological polar surface area (TPSA) is 23.4 Å². The van der Waals surface area contributed by atoms with Gasteiger partial charge in [-0.25, -0.2) is 0 Å². The highest BCUT2D eigenvalue weighted by Crippen LogP contribution is 2.36. The number of benzene rings is 2. The molecule has 3 nitrogen and oxygen atoms in total. The molecular formula is C20H22ClNO2. The molecule has 1 heterocycles. The largest absolute Gasteiger partial charge is 0.497 e. The first-order valence-corrected chi connectivity index (χ1v) is 8.66. The van der Waals surface area contributed by atoms with E-state index >= 15 is 0 Å². The summed E-state index contributed by atoms with van der Waals surface area (Å²) in [6.07, 6.45) is 0.819. The van der Waals surface area contributed by atoms with Crippen LogP contribution in [-0.2, 0) is 13.0 Å². The molecule has 3 rings (SSSR count). The van der Waals surface area contributed by atoms with Crippen LogP contribution in [0.3, 0.4) is 0 Å². The minimum atomic E-state index is 0.587. The lowest BCUT2D eigenvalue weighted by molar-refractivity contribution is 0.415. The molecule has 0 aliphatic rings. The van der Waals surface area contributed by atoms with Crippen LogP contribution in [0.5, 0.6) is 11.5 Å². The van der Waals surface area contributed by atoms with Crippen molar-refractivity contribution in [3.8, 4) is 22.8 Å². The van der Waals surface area contributed by atoms with Gasteiger partial charge in [-0.3, -0.25) is 0 Å². The Kier molecular flexibility index (Phi) is 5.00. The number of hydrogen-bond acceptors (Lipinski definition) is 2. The lowest BCUT2D eigenvalue weighted by Crippen LogP contribution is -1.99. The SMILES string of the molecule is CCn1c(-c2ccc(OC)cc2)c(CCCl)c2cc(OC)ccc21. The Morgan fingerprint density at radius 1 is 0.958 bits per heavy atom. The van der Waals surface area contributed by atoms with Crippen LogP contribution < -0.4 is 9.47 Å². The molecule has 1 aromatic heterocycles. The zero-order valence-corrected chi connectivity index (χ0v) is 15.1. The number of ether oxygens (including phenoxy) is 2. The van der Waals surface area contributed by atoms with Gasteiger partial charge in [-0.1, -0.05) is 0 Å². The van der Waals surface area contributed by atoms with Crippen molar-refractivity contribution >= 4 is 22.5 Å². The van der Waals surface area contributed by atoms with E-state index in [1.807, 2.05) is 18.2 Å². The van der Waals surface area contributed by atoms with E-state index in [0.717, 1.165) is 24.5 Å². The van der Waals surface area contributed by atoms with E-state index in [1.165, 1.54) is 27.7 Å². The number of hydrogen-bond donors (Lipinski definition) is 0. The molecule has 0 fully saturated rings. The Hall–Kier alpha value is -2.13. The normalized spacial score (nSPS) is 11.0. The number of fused-ring (bicyclic) bond motifs is 1. The monoisotopic (exact) mass is 343 g/mol. The van der Waals surface area contributed by atoms with Crippen molar-refractivity contribution in [2.24, 2.45) is 0 Å². The Morgan fingerprint density at radius 3 is 2.21 bits per heavy atom. The standard InChI is InChI=1S/C20H22ClNO2/c1-4-22-19-10-9-16(24-3)13-18(19)17(11-12-21)20(22)14-5-7-15(23-2)8-6-14/h5-10,13H,4,11-12H2,1-3H3. The zero-order chi connectivity index (χ0) is 17.1. The molecule has 0 aliphatic carbocycles. The second kappa shape index (κ2) is 7.18. The highest BCUT2D eigenvalue weighted by molar-refractivity contribution is 6.18. The fourth-order valence-corrected chi connectivity index (χ4v) is 3.47. The Bertz CT molecular complexity index is 837. The summed E-state index contributed by atoms with van der Waals surface area (Å²) in [6, 6.07) is 14.5. The predicted molar refractivity (Wildman–Crippen MR) is 101 cm³/mol. The highest BCUT2D eigenvalue weighted by Gasteiger charge is 2.18. The maximum Gasteiger partial charge on any atom is 0.119 e. The molecule has 0 amide bonds. The molecule has 0 radical (unpaired) electrons. The summed E-state index contributed by atoms with van der Waals surface area (Å²) >= 11 is 6.11. The lowest BCUT2D eigenvalue weighted by Gasteiger charge is -2.11. The molecule has 0 saturated carbocycles. The molecule has 126 valence electrons. The van der Waals surface area contributed by atoms with Gasteiger partial charge in [0.2, 0.25) is 0 Å². The van der Waals surface area contributed by atoms with Gasteiger partial charge < -0.3 is 14.0 Å². The number of aryl methyl sites for hydroxylation is 2. The van der Waals surface area contributed by atoms with Crippen LogP contribution in [-0.4, -0.2) is 24.7 Å². The van der Waals surface area contributed by atoms with Gasteiger partial charge in [-0.2, -0.15) is 0 Å². The van der Waals surface area contributed by atoms with E-state index in [0.29, 0.717) is 5.88 Å². The summed E-state index contributed by atoms with van der Waals surface area (Å²) in [4.78, 5) is 0. The molecule has 0 aliphatic heterocycles. The molecular weight excluding hydrogens is 322 g/mol. The quantitative estimate of drug-likeness (QED) is 0.579. The smallest absolute Gasteiger partial charge is 0.119 e. The van der Waals surface area contributed by atoms with Gasteiger partial charge in [0.05, 0.1) is 19.9 Å². The third kappa shape index (κ3) is 2.84. The average Bonchev–Trinajstić information content (AvgIpc) is 2.94. The first-order chi connectivity index (χ1) is 11.7. The number of rotatable bonds is 6. The summed E-state index contributed by atoms with van der Waals surface area (Å²) in [7, 11) is 3.38. The third-order valence-corrected chi connectivity index (χ3v) is 4.59. The molecule has 0 N–H and O–H groups in total. The molecule has 0 spiro atoms. The third-order valence-electron chi connectivity index (χ3n) is 4.40. The summed E-state index contributed by atoms with van der Waals surface area (Å²) < 4.78 is 13.0. The van der Waals surface area contributed by atoms with Crippen molar-refractivity contribution in [1.29, 1.82) is 0 Å². The molecule has 4 heteroatoms. The molecule has 0 saturated heterocycles. The second-order valence-electron chi connectivity index (χ2n) is 5.62. The number of nitrogens with zero attached hydrogens (tertiary/aromatic N) is 1. The Balaban J connectivity index is 2.28. The highest BCUT2D eigenvalue weighted by atomic mass is 35.5. The molecule has 3 aromatic rings. The van der Waals surface area contributed by atoms with Crippen molar-refractivity contribution in [3.05, 3.63) is 48.0 Å². The molecule has 0 unspecified atom stereocenters. The fourth-order valence-electron chi connectivity index (χ4n) is 3.29. The van der Waals surface area contributed by atoms with Crippen LogP contribution >= 0.6 is 11.6 Å². The Labute approximate surface area is 147 Å². The van der Waals surface area contributed by atoms with Gasteiger partial charge in [0, 0.05) is 23.3 Å². The van der Waals surface area contributed by atoms with Crippen molar-refractivity contribution in [2.45, 2.75) is 19.9 Å². The molecule has 2 aromatic carbocycles. The maximum atomic E-state index is 6.11. The summed E-state index contributed by atoms with van der Waals surface area (Å²) in [5.74, 6) is 2.31. The van der Waals surface area contributed by atoms with Crippen molar-refractivity contribution < 1.29 is 9.47 Å². The van der Waals surface area contributed by atoms with E-state index in [2.05, 4.69) is 35.8 Å². The number of alkyl halides is 1. The van der Waals surface area contributed by atoms with Gasteiger partial charge in [0.25, 0.3) is 0 Å². The minimum absolute atomic E-state index is 0.587. The van der Waals surface area contributed by atoms with Gasteiger partial charge >= 0.3 is 0 Å². The van der Waals surface area contributed by atoms with Crippen molar-refractivity contribution in [1.82, 2.24) is 4.57 Å². The minimum Gasteiger partial charge on any atom is -0.497 e. The van der Waals surface area contributed by atoms with E-state index < -0.39 is 0 Å². The molecule has 0 bridgehead atoms. The van der Waals surface area contributed by atoms with Crippen LogP contribution in [0, 0.1) is 0 Å². The summed E-state index contributed by atoms with van der Waals surface area (Å²) in [6.45, 7) is 3.06. The maximum absolute atomic E-state index is 6.11. The van der Waals surface area contributed by atoms with E-state index in [-0.39, 0.29) is 0 Å². The first kappa shape index (κ1) is 16.7. The van der Waals surface area contributed by atoms with Crippen LogP contribution in [0.25, 0.3) is 22.2 Å². The number of methoxy groups -OCH3 is 2. The van der Waals surface area contributed by atoms with E-state index in [1.54, 1.807) is 14.2 Å². The van der Waals surface area contributed by atoms with Gasteiger partial charge in [-0.15, -0.1) is 11.6 Å².